The number of hydrogen-bond acceptors (Lipinski definition) is 6. The van der Waals surface area contributed by atoms with Crippen LogP contribution in [0.5, 0.6) is 11.5 Å². The van der Waals surface area contributed by atoms with E-state index in [9.17, 15) is 14.4 Å². The lowest BCUT2D eigenvalue weighted by Gasteiger charge is -2.28. The maximum absolute atomic E-state index is 14.2. The van der Waals surface area contributed by atoms with Crippen molar-refractivity contribution in [3.05, 3.63) is 173 Å². The Kier molecular flexibility index (Phi) is 13.2. The minimum absolute atomic E-state index is 0.0883. The number of ether oxygens (including phenoxy) is 2. The predicted octanol–water partition coefficient (Wildman–Crippen LogP) is 8.37. The van der Waals surface area contributed by atoms with Gasteiger partial charge in [-0.1, -0.05) is 133 Å². The van der Waals surface area contributed by atoms with Crippen molar-refractivity contribution in [1.82, 2.24) is 10.2 Å². The average Bonchev–Trinajstić information content (AvgIpc) is 3.16. The van der Waals surface area contributed by atoms with Crippen LogP contribution >= 0.6 is 11.8 Å². The number of allylic oxidation sites excluding steroid dienone is 4. The van der Waals surface area contributed by atoms with Gasteiger partial charge in [0.15, 0.2) is 16.7 Å². The number of carbonyl (C=O) groups excluding carboxylic acids is 3. The molecule has 1 heterocycles. The first-order chi connectivity index (χ1) is 25.3. The summed E-state index contributed by atoms with van der Waals surface area (Å²) in [6.45, 7) is 10.2. The second-order valence-corrected chi connectivity index (χ2v) is 12.7. The summed E-state index contributed by atoms with van der Waals surface area (Å²) in [5.74, 6) is -0.645. The molecule has 0 atom stereocenters. The van der Waals surface area contributed by atoms with Crippen molar-refractivity contribution >= 4 is 40.7 Å². The number of aryl methyl sites for hydroxylation is 1. The maximum Gasteiger partial charge on any atom is 0.285 e. The normalized spacial score (nSPS) is 14.2. The quantitative estimate of drug-likeness (QED) is 0.0803. The summed E-state index contributed by atoms with van der Waals surface area (Å²) in [4.78, 5) is 46.8. The number of amidine groups is 1. The van der Waals surface area contributed by atoms with Crippen molar-refractivity contribution in [2.75, 3.05) is 12.4 Å². The third kappa shape index (κ3) is 9.64. The van der Waals surface area contributed by atoms with Crippen molar-refractivity contribution in [3.8, 4) is 11.5 Å². The topological polar surface area (TPSA) is 97.3 Å². The Hall–Kier alpha value is -5.93. The molecule has 4 aromatic rings. The van der Waals surface area contributed by atoms with E-state index in [1.165, 1.54) is 11.0 Å². The standard InChI is InChI=1S/C43H41N3O5S/c1-5-8-19-35(6-2)46-42(49)36(26-32-24-25-37(38(27-32)50-7-3)51-28-31-22-20-30(4)21-23-31)41(48)45-43(46)52-29-39(47)44-40(33-15-11-9-12-16-33)34-17-13-10-14-18-34/h5-6,8-27,40H,1,7,28-29H2,2-4H3,(H,44,47)/b19-8-,35-6+,36-26+. The first-order valence-corrected chi connectivity index (χ1v) is 17.9. The van der Waals surface area contributed by atoms with Gasteiger partial charge < -0.3 is 14.8 Å². The molecule has 1 aliphatic heterocycles. The number of amides is 3. The smallest absolute Gasteiger partial charge is 0.285 e. The highest BCUT2D eigenvalue weighted by Gasteiger charge is 2.35. The molecule has 4 aromatic carbocycles. The van der Waals surface area contributed by atoms with Gasteiger partial charge in [0.2, 0.25) is 5.91 Å². The zero-order valence-electron chi connectivity index (χ0n) is 29.5. The highest BCUT2D eigenvalue weighted by Crippen LogP contribution is 2.32. The van der Waals surface area contributed by atoms with Gasteiger partial charge in [-0.15, -0.1) is 0 Å². The summed E-state index contributed by atoms with van der Waals surface area (Å²) in [5.41, 5.74) is 4.92. The molecule has 9 heteroatoms. The van der Waals surface area contributed by atoms with Gasteiger partial charge in [0.25, 0.3) is 11.8 Å². The molecule has 0 aliphatic carbocycles. The van der Waals surface area contributed by atoms with Crippen LogP contribution < -0.4 is 14.8 Å². The van der Waals surface area contributed by atoms with Crippen LogP contribution in [0.4, 0.5) is 0 Å². The maximum atomic E-state index is 14.2. The molecule has 0 radical (unpaired) electrons. The molecular formula is C43H41N3O5S. The molecule has 52 heavy (non-hydrogen) atoms. The van der Waals surface area contributed by atoms with Crippen LogP contribution in [0.1, 0.15) is 47.7 Å². The molecule has 1 N–H and O–H groups in total. The molecular weight excluding hydrogens is 671 g/mol. The number of nitrogens with zero attached hydrogens (tertiary/aromatic N) is 2. The first-order valence-electron chi connectivity index (χ1n) is 16.9. The number of thioether (sulfide) groups is 1. The molecule has 3 amide bonds. The van der Waals surface area contributed by atoms with Gasteiger partial charge in [0.05, 0.1) is 18.4 Å². The van der Waals surface area contributed by atoms with Gasteiger partial charge in [0, 0.05) is 5.70 Å². The van der Waals surface area contributed by atoms with Crippen LogP contribution in [-0.4, -0.2) is 40.1 Å². The monoisotopic (exact) mass is 711 g/mol. The van der Waals surface area contributed by atoms with E-state index in [4.69, 9.17) is 9.47 Å². The predicted molar refractivity (Wildman–Crippen MR) is 209 cm³/mol. The number of nitrogens with one attached hydrogen (secondary N) is 1. The second-order valence-electron chi connectivity index (χ2n) is 11.7. The van der Waals surface area contributed by atoms with Gasteiger partial charge in [-0.25, -0.2) is 0 Å². The molecule has 264 valence electrons. The summed E-state index contributed by atoms with van der Waals surface area (Å²) in [6, 6.07) is 32.3. The van der Waals surface area contributed by atoms with Gasteiger partial charge in [-0.2, -0.15) is 4.99 Å². The van der Waals surface area contributed by atoms with Gasteiger partial charge in [-0.3, -0.25) is 19.3 Å². The Morgan fingerprint density at radius 3 is 2.21 bits per heavy atom. The molecule has 0 spiro atoms. The lowest BCUT2D eigenvalue weighted by atomic mass is 9.99. The molecule has 0 saturated carbocycles. The lowest BCUT2D eigenvalue weighted by Crippen LogP contribution is -2.42. The van der Waals surface area contributed by atoms with E-state index in [0.717, 1.165) is 34.0 Å². The summed E-state index contributed by atoms with van der Waals surface area (Å²) >= 11 is 1.01. The fraction of sp³-hybridized carbons (Fsp3) is 0.163. The number of benzene rings is 4. The van der Waals surface area contributed by atoms with E-state index in [2.05, 4.69) is 16.9 Å². The van der Waals surface area contributed by atoms with Crippen molar-refractivity contribution in [2.24, 2.45) is 4.99 Å². The number of aliphatic imine (C=N–C) groups is 1. The van der Waals surface area contributed by atoms with Crippen LogP contribution in [0, 0.1) is 6.92 Å². The van der Waals surface area contributed by atoms with E-state index < -0.39 is 11.8 Å². The van der Waals surface area contributed by atoms with E-state index >= 15 is 0 Å². The van der Waals surface area contributed by atoms with E-state index in [-0.39, 0.29) is 28.4 Å². The average molecular weight is 712 g/mol. The Bertz CT molecular complexity index is 1980. The summed E-state index contributed by atoms with van der Waals surface area (Å²) < 4.78 is 11.9. The SMILES string of the molecule is C=C/C=C\C(=C/C)N1C(=O)/C(=C/c2ccc(OCc3ccc(C)cc3)c(OCC)c2)C(=O)N=C1SCC(=O)NC(c1ccccc1)c1ccccc1. The largest absolute Gasteiger partial charge is 0.490 e. The highest BCUT2D eigenvalue weighted by atomic mass is 32.2. The van der Waals surface area contributed by atoms with Gasteiger partial charge in [0.1, 0.15) is 12.2 Å². The fourth-order valence-corrected chi connectivity index (χ4v) is 6.22. The molecule has 0 bridgehead atoms. The van der Waals surface area contributed by atoms with Crippen LogP contribution in [-0.2, 0) is 21.0 Å². The summed E-state index contributed by atoms with van der Waals surface area (Å²) in [6.07, 6.45) is 8.20. The highest BCUT2D eigenvalue weighted by molar-refractivity contribution is 8.14. The Morgan fingerprint density at radius 1 is 0.923 bits per heavy atom. The minimum atomic E-state index is -0.712. The van der Waals surface area contributed by atoms with E-state index in [1.807, 2.05) is 98.8 Å². The minimum Gasteiger partial charge on any atom is -0.490 e. The Balaban J connectivity index is 1.39. The van der Waals surface area contributed by atoms with Crippen molar-refractivity contribution < 1.29 is 23.9 Å². The molecule has 0 aromatic heterocycles. The van der Waals surface area contributed by atoms with Crippen LogP contribution in [0.15, 0.2) is 150 Å². The molecule has 5 rings (SSSR count). The van der Waals surface area contributed by atoms with Crippen LogP contribution in [0.25, 0.3) is 6.08 Å². The summed E-state index contributed by atoms with van der Waals surface area (Å²) in [5, 5.41) is 3.20. The van der Waals surface area contributed by atoms with Crippen molar-refractivity contribution in [1.29, 1.82) is 0 Å². The van der Waals surface area contributed by atoms with Crippen LogP contribution in [0.2, 0.25) is 0 Å². The van der Waals surface area contributed by atoms with Crippen LogP contribution in [0.3, 0.4) is 0 Å². The zero-order valence-corrected chi connectivity index (χ0v) is 30.3. The zero-order chi connectivity index (χ0) is 36.9. The number of rotatable bonds is 14. The molecule has 8 nitrogen and oxygen atoms in total. The molecule has 0 saturated heterocycles. The molecule has 1 aliphatic rings. The van der Waals surface area contributed by atoms with Crippen molar-refractivity contribution in [3.63, 3.8) is 0 Å². The number of carbonyl (C=O) groups is 3. The van der Waals surface area contributed by atoms with Gasteiger partial charge in [-0.05, 0) is 67.3 Å². The second kappa shape index (κ2) is 18.3. The van der Waals surface area contributed by atoms with Crippen molar-refractivity contribution in [2.45, 2.75) is 33.4 Å². The first kappa shape index (κ1) is 37.3. The number of hydrogen-bond donors (Lipinski definition) is 1. The Morgan fingerprint density at radius 2 is 1.60 bits per heavy atom. The third-order valence-corrected chi connectivity index (χ3v) is 8.95. The summed E-state index contributed by atoms with van der Waals surface area (Å²) in [7, 11) is 0. The lowest BCUT2D eigenvalue weighted by molar-refractivity contribution is -0.126. The van der Waals surface area contributed by atoms with Gasteiger partial charge >= 0.3 is 0 Å². The third-order valence-electron chi connectivity index (χ3n) is 8.01. The van der Waals surface area contributed by atoms with E-state index in [0.29, 0.717) is 36.0 Å². The fourth-order valence-electron chi connectivity index (χ4n) is 5.41. The van der Waals surface area contributed by atoms with E-state index in [1.54, 1.807) is 49.4 Å². The Labute approximate surface area is 309 Å². The molecule has 0 fully saturated rings. The molecule has 0 unspecified atom stereocenters.